The highest BCUT2D eigenvalue weighted by Crippen LogP contribution is 2.63. The molecule has 1 saturated heterocycles. The second-order valence-corrected chi connectivity index (χ2v) is 11.1. The number of ether oxygens (including phenoxy) is 3. The Kier molecular flexibility index (Phi) is 5.08. The molecule has 1 aromatic rings. The second kappa shape index (κ2) is 7.56. The highest BCUT2D eigenvalue weighted by atomic mass is 16.8. The van der Waals surface area contributed by atoms with Gasteiger partial charge in [-0.15, -0.1) is 0 Å². The Morgan fingerprint density at radius 1 is 1.12 bits per heavy atom. The zero-order chi connectivity index (χ0) is 24.5. The van der Waals surface area contributed by atoms with E-state index in [2.05, 4.69) is 6.58 Å². The molecule has 34 heavy (non-hydrogen) atoms. The van der Waals surface area contributed by atoms with Crippen molar-refractivity contribution >= 4 is 17.9 Å². The summed E-state index contributed by atoms with van der Waals surface area (Å²) in [6.45, 7) is 12.3. The van der Waals surface area contributed by atoms with E-state index in [1.54, 1.807) is 24.3 Å². The number of fused-ring (bicyclic) bond motifs is 3. The van der Waals surface area contributed by atoms with Crippen LogP contribution >= 0.6 is 0 Å². The van der Waals surface area contributed by atoms with Crippen LogP contribution in [0.3, 0.4) is 0 Å². The summed E-state index contributed by atoms with van der Waals surface area (Å²) in [4.78, 5) is 39.6. The molecule has 6 nitrogen and oxygen atoms in total. The first-order valence-corrected chi connectivity index (χ1v) is 12.1. The molecule has 1 spiro atoms. The molecule has 180 valence electrons. The minimum Gasteiger partial charge on any atom is -0.458 e. The van der Waals surface area contributed by atoms with Crippen LogP contribution in [0.25, 0.3) is 0 Å². The van der Waals surface area contributed by atoms with E-state index in [1.165, 1.54) is 0 Å². The summed E-state index contributed by atoms with van der Waals surface area (Å²) in [5.41, 5.74) is 0.639. The highest BCUT2D eigenvalue weighted by molar-refractivity contribution is 5.99. The Hall–Kier alpha value is -2.89. The Balaban J connectivity index is 1.63. The van der Waals surface area contributed by atoms with Crippen molar-refractivity contribution in [3.8, 4) is 0 Å². The van der Waals surface area contributed by atoms with Gasteiger partial charge in [0.05, 0.1) is 5.56 Å². The summed E-state index contributed by atoms with van der Waals surface area (Å²) >= 11 is 0. The molecule has 0 amide bonds. The van der Waals surface area contributed by atoms with Crippen molar-refractivity contribution in [2.24, 2.45) is 16.7 Å². The maximum Gasteiger partial charge on any atom is 0.509 e. The van der Waals surface area contributed by atoms with Gasteiger partial charge in [-0.05, 0) is 44.7 Å². The lowest BCUT2D eigenvalue weighted by Gasteiger charge is -2.57. The number of benzene rings is 1. The minimum absolute atomic E-state index is 0.0194. The van der Waals surface area contributed by atoms with Gasteiger partial charge in [0.15, 0.2) is 17.5 Å². The molecule has 1 aromatic carbocycles. The lowest BCUT2D eigenvalue weighted by atomic mass is 9.49. The predicted octanol–water partition coefficient (Wildman–Crippen LogP) is 5.57. The molecule has 0 N–H and O–H groups in total. The number of carbonyl (C=O) groups is 3. The van der Waals surface area contributed by atoms with Crippen LogP contribution < -0.4 is 0 Å². The van der Waals surface area contributed by atoms with E-state index >= 15 is 0 Å². The van der Waals surface area contributed by atoms with Crippen molar-refractivity contribution in [3.63, 3.8) is 0 Å². The second-order valence-electron chi connectivity index (χ2n) is 11.1. The molecule has 2 saturated carbocycles. The number of hydrogen-bond donors (Lipinski definition) is 0. The summed E-state index contributed by atoms with van der Waals surface area (Å²) < 4.78 is 18.0. The summed E-state index contributed by atoms with van der Waals surface area (Å²) in [6, 6.07) is 8.86. The van der Waals surface area contributed by atoms with Crippen molar-refractivity contribution < 1.29 is 28.6 Å². The molecule has 3 aliphatic carbocycles. The third-order valence-electron chi connectivity index (χ3n) is 8.92. The van der Waals surface area contributed by atoms with Gasteiger partial charge < -0.3 is 14.2 Å². The fraction of sp³-hybridized carbons (Fsp3) is 0.536. The fourth-order valence-electron chi connectivity index (χ4n) is 7.24. The molecule has 0 unspecified atom stereocenters. The van der Waals surface area contributed by atoms with E-state index in [9.17, 15) is 14.4 Å². The smallest absolute Gasteiger partial charge is 0.458 e. The van der Waals surface area contributed by atoms with E-state index in [0.717, 1.165) is 11.1 Å². The van der Waals surface area contributed by atoms with Gasteiger partial charge in [-0.25, -0.2) is 9.59 Å². The van der Waals surface area contributed by atoms with Crippen LogP contribution in [-0.2, 0) is 19.0 Å². The lowest BCUT2D eigenvalue weighted by molar-refractivity contribution is -0.152. The number of hydrogen-bond acceptors (Lipinski definition) is 6. The van der Waals surface area contributed by atoms with E-state index in [-0.39, 0.29) is 18.1 Å². The van der Waals surface area contributed by atoms with Crippen molar-refractivity contribution in [2.75, 3.05) is 0 Å². The van der Waals surface area contributed by atoms with Crippen LogP contribution in [-0.4, -0.2) is 35.7 Å². The topological polar surface area (TPSA) is 78.9 Å². The normalized spacial score (nSPS) is 36.5. The quantitative estimate of drug-likeness (QED) is 0.421. The number of carbonyl (C=O) groups excluding carboxylic acids is 3. The van der Waals surface area contributed by atoms with E-state index < -0.39 is 40.8 Å². The van der Waals surface area contributed by atoms with Gasteiger partial charge in [-0.2, -0.15) is 0 Å². The molecule has 5 rings (SSSR count). The Bertz CT molecular complexity index is 1110. The molecule has 1 aliphatic heterocycles. The molecule has 0 radical (unpaired) electrons. The van der Waals surface area contributed by atoms with Crippen molar-refractivity contribution in [3.05, 3.63) is 59.2 Å². The first kappa shape index (κ1) is 22.9. The molecule has 0 aromatic heterocycles. The summed E-state index contributed by atoms with van der Waals surface area (Å²) in [5.74, 6) is -0.770. The average molecular weight is 465 g/mol. The summed E-state index contributed by atoms with van der Waals surface area (Å²) in [5, 5.41) is 0. The Labute approximate surface area is 200 Å². The third kappa shape index (κ3) is 3.03. The molecule has 2 bridgehead atoms. The van der Waals surface area contributed by atoms with Crippen molar-refractivity contribution in [1.82, 2.24) is 0 Å². The zero-order valence-electron chi connectivity index (χ0n) is 20.3. The molecule has 4 aliphatic rings. The molecular formula is C28H32O6. The van der Waals surface area contributed by atoms with Gasteiger partial charge in [0.2, 0.25) is 0 Å². The number of rotatable bonds is 2. The molecule has 5 atom stereocenters. The Morgan fingerprint density at radius 3 is 2.53 bits per heavy atom. The van der Waals surface area contributed by atoms with Crippen molar-refractivity contribution in [2.45, 2.75) is 77.6 Å². The van der Waals surface area contributed by atoms with Gasteiger partial charge >= 0.3 is 12.1 Å². The van der Waals surface area contributed by atoms with Crippen LogP contribution in [0.5, 0.6) is 0 Å². The largest absolute Gasteiger partial charge is 0.509 e. The van der Waals surface area contributed by atoms with Crippen LogP contribution in [0.2, 0.25) is 0 Å². The van der Waals surface area contributed by atoms with Gasteiger partial charge in [0.1, 0.15) is 6.10 Å². The highest BCUT2D eigenvalue weighted by Gasteiger charge is 2.70. The predicted molar refractivity (Wildman–Crippen MR) is 125 cm³/mol. The number of allylic oxidation sites excluding steroid dienone is 1. The van der Waals surface area contributed by atoms with Gasteiger partial charge in [0, 0.05) is 28.7 Å². The molecular weight excluding hydrogens is 432 g/mol. The Morgan fingerprint density at radius 2 is 1.82 bits per heavy atom. The van der Waals surface area contributed by atoms with Crippen LogP contribution in [0.1, 0.15) is 70.2 Å². The minimum atomic E-state index is -0.977. The first-order valence-electron chi connectivity index (χ1n) is 12.1. The SMILES string of the molecule is C=C1CC[C@H](OC(=O)c2ccccc2)[C@@]2(C)CC(=O)C3=C(C)CC[C@]4(OC(=O)O[C@H]4[C@H]12)C3(C)C. The number of esters is 1. The molecule has 1 heterocycles. The first-order chi connectivity index (χ1) is 16.0. The fourth-order valence-corrected chi connectivity index (χ4v) is 7.24. The summed E-state index contributed by atoms with van der Waals surface area (Å²) in [6.07, 6.45) is 0.767. The maximum atomic E-state index is 13.9. The van der Waals surface area contributed by atoms with Crippen molar-refractivity contribution in [1.29, 1.82) is 0 Å². The van der Waals surface area contributed by atoms with Gasteiger partial charge in [-0.3, -0.25) is 4.79 Å². The van der Waals surface area contributed by atoms with Gasteiger partial charge in [-0.1, -0.05) is 56.7 Å². The number of Topliss-reactive ketones (excluding diaryl/α,β-unsaturated/α-hetero) is 1. The molecule has 6 heteroatoms. The van der Waals surface area contributed by atoms with Crippen LogP contribution in [0.4, 0.5) is 4.79 Å². The maximum absolute atomic E-state index is 13.9. The average Bonchev–Trinajstić information content (AvgIpc) is 3.10. The van der Waals surface area contributed by atoms with E-state index in [4.69, 9.17) is 14.2 Å². The number of ketones is 1. The van der Waals surface area contributed by atoms with E-state index in [0.29, 0.717) is 36.8 Å². The van der Waals surface area contributed by atoms with E-state index in [1.807, 2.05) is 33.8 Å². The lowest BCUT2D eigenvalue weighted by Crippen LogP contribution is -2.64. The zero-order valence-corrected chi connectivity index (χ0v) is 20.3. The van der Waals surface area contributed by atoms with Gasteiger partial charge in [0.25, 0.3) is 0 Å². The summed E-state index contributed by atoms with van der Waals surface area (Å²) in [7, 11) is 0. The van der Waals surface area contributed by atoms with Crippen LogP contribution in [0.15, 0.2) is 53.6 Å². The monoisotopic (exact) mass is 464 g/mol. The third-order valence-corrected chi connectivity index (χ3v) is 8.92. The van der Waals surface area contributed by atoms with Crippen LogP contribution in [0, 0.1) is 16.7 Å². The molecule has 3 fully saturated rings. The standard InChI is InChI=1S/C28H32O6/c1-16-11-12-20(32-24(30)18-9-7-6-8-10-18)27(5)15-19(29)21-17(2)13-14-28(26(21,3)4)23(22(16)27)33-25(31)34-28/h6-10,20,22-23H,1,11-15H2,2-5H3/t20-,22-,23-,27+,28+/m0/s1.